The SMILES string of the molecule is NC(=O)Cc1nc(C(F)(F)F)c(Cc2cc(F)cc(C(F)(F)F)c2)c(=O)[nH]1. The number of H-pyrrole nitrogens is 1. The number of carbonyl (C=O) groups is 1. The van der Waals surface area contributed by atoms with Gasteiger partial charge in [0.1, 0.15) is 11.6 Å². The minimum Gasteiger partial charge on any atom is -0.369 e. The molecule has 2 aromatic rings. The number of amides is 1. The third-order valence-corrected chi connectivity index (χ3v) is 3.34. The van der Waals surface area contributed by atoms with Crippen molar-refractivity contribution in [1.82, 2.24) is 9.97 Å². The van der Waals surface area contributed by atoms with E-state index in [0.29, 0.717) is 12.1 Å². The average molecular weight is 397 g/mol. The molecule has 0 aliphatic heterocycles. The van der Waals surface area contributed by atoms with Crippen molar-refractivity contribution in [3.8, 4) is 0 Å². The molecule has 1 heterocycles. The van der Waals surface area contributed by atoms with E-state index in [4.69, 9.17) is 5.73 Å². The van der Waals surface area contributed by atoms with E-state index in [2.05, 4.69) is 4.98 Å². The van der Waals surface area contributed by atoms with Gasteiger partial charge >= 0.3 is 12.4 Å². The van der Waals surface area contributed by atoms with Crippen LogP contribution >= 0.6 is 0 Å². The maximum absolute atomic E-state index is 13.4. The fourth-order valence-electron chi connectivity index (χ4n) is 2.31. The number of rotatable bonds is 4. The summed E-state index contributed by atoms with van der Waals surface area (Å²) in [5.41, 5.74) is -1.13. The molecule has 1 aromatic carbocycles. The number of aromatic amines is 1. The average Bonchev–Trinajstić information content (AvgIpc) is 2.46. The van der Waals surface area contributed by atoms with Gasteiger partial charge in [-0.1, -0.05) is 0 Å². The maximum atomic E-state index is 13.4. The zero-order valence-corrected chi connectivity index (χ0v) is 13.1. The van der Waals surface area contributed by atoms with Gasteiger partial charge in [0.15, 0.2) is 5.69 Å². The molecular weight excluding hydrogens is 387 g/mol. The van der Waals surface area contributed by atoms with Crippen LogP contribution in [0.5, 0.6) is 0 Å². The normalized spacial score (nSPS) is 12.3. The van der Waals surface area contributed by atoms with Crippen LogP contribution in [0, 0.1) is 5.82 Å². The quantitative estimate of drug-likeness (QED) is 0.778. The molecule has 0 fully saturated rings. The Balaban J connectivity index is 2.58. The van der Waals surface area contributed by atoms with E-state index in [0.717, 1.165) is 0 Å². The second-order valence-electron chi connectivity index (χ2n) is 5.50. The summed E-state index contributed by atoms with van der Waals surface area (Å²) in [5.74, 6) is -3.04. The number of nitrogens with two attached hydrogens (primary N) is 1. The molecule has 0 aliphatic rings. The first-order valence-corrected chi connectivity index (χ1v) is 7.11. The third-order valence-electron chi connectivity index (χ3n) is 3.34. The van der Waals surface area contributed by atoms with Gasteiger partial charge in [-0.05, 0) is 23.8 Å². The minimum absolute atomic E-state index is 0.173. The molecule has 12 heteroatoms. The van der Waals surface area contributed by atoms with Crippen molar-refractivity contribution < 1.29 is 35.5 Å². The molecule has 0 spiro atoms. The molecule has 0 unspecified atom stereocenters. The molecule has 1 aromatic heterocycles. The van der Waals surface area contributed by atoms with Crippen molar-refractivity contribution in [2.75, 3.05) is 0 Å². The van der Waals surface area contributed by atoms with Gasteiger partial charge in [-0.25, -0.2) is 9.37 Å². The van der Waals surface area contributed by atoms with Crippen molar-refractivity contribution in [2.45, 2.75) is 25.2 Å². The highest BCUT2D eigenvalue weighted by molar-refractivity contribution is 5.75. The first kappa shape index (κ1) is 20.4. The van der Waals surface area contributed by atoms with Crippen LogP contribution < -0.4 is 11.3 Å². The van der Waals surface area contributed by atoms with Gasteiger partial charge in [0.05, 0.1) is 17.5 Å². The van der Waals surface area contributed by atoms with Crippen LogP contribution in [0.2, 0.25) is 0 Å². The van der Waals surface area contributed by atoms with Gasteiger partial charge in [-0.2, -0.15) is 26.3 Å². The minimum atomic E-state index is -5.14. The van der Waals surface area contributed by atoms with Crippen LogP contribution in [-0.2, 0) is 30.0 Å². The zero-order valence-electron chi connectivity index (χ0n) is 13.1. The lowest BCUT2D eigenvalue weighted by Gasteiger charge is -2.14. The maximum Gasteiger partial charge on any atom is 0.433 e. The van der Waals surface area contributed by atoms with Crippen LogP contribution in [0.3, 0.4) is 0 Å². The molecule has 27 heavy (non-hydrogen) atoms. The molecule has 3 N–H and O–H groups in total. The van der Waals surface area contributed by atoms with Gasteiger partial charge < -0.3 is 10.7 Å². The number of hydrogen-bond donors (Lipinski definition) is 2. The van der Waals surface area contributed by atoms with Crippen LogP contribution in [0.4, 0.5) is 30.7 Å². The fourth-order valence-corrected chi connectivity index (χ4v) is 2.31. The molecule has 0 saturated carbocycles. The molecule has 0 radical (unpaired) electrons. The second-order valence-corrected chi connectivity index (χ2v) is 5.50. The zero-order chi connectivity index (χ0) is 20.6. The number of carbonyl (C=O) groups excluding carboxylic acids is 1. The highest BCUT2D eigenvalue weighted by Crippen LogP contribution is 2.33. The van der Waals surface area contributed by atoms with E-state index in [1.165, 1.54) is 0 Å². The molecule has 0 aliphatic carbocycles. The number of primary amides is 1. The Kier molecular flexibility index (Phi) is 5.29. The van der Waals surface area contributed by atoms with Gasteiger partial charge in [0, 0.05) is 6.42 Å². The van der Waals surface area contributed by atoms with Gasteiger partial charge in [0.2, 0.25) is 5.91 Å². The summed E-state index contributed by atoms with van der Waals surface area (Å²) in [6.45, 7) is 0. The van der Waals surface area contributed by atoms with E-state index < -0.39 is 70.7 Å². The van der Waals surface area contributed by atoms with Crippen LogP contribution in [0.15, 0.2) is 23.0 Å². The highest BCUT2D eigenvalue weighted by Gasteiger charge is 2.38. The van der Waals surface area contributed by atoms with E-state index in [9.17, 15) is 40.3 Å². The molecule has 146 valence electrons. The number of halogens is 7. The Morgan fingerprint density at radius 3 is 2.22 bits per heavy atom. The molecule has 0 bridgehead atoms. The summed E-state index contributed by atoms with van der Waals surface area (Å²) in [5, 5.41) is 0. The Hall–Kier alpha value is -2.92. The molecule has 5 nitrogen and oxygen atoms in total. The number of nitrogens with one attached hydrogen (secondary N) is 1. The molecule has 2 rings (SSSR count). The number of benzene rings is 1. The molecule has 0 atom stereocenters. The number of aromatic nitrogens is 2. The smallest absolute Gasteiger partial charge is 0.369 e. The van der Waals surface area contributed by atoms with E-state index >= 15 is 0 Å². The molecular formula is C15H10F7N3O2. The standard InChI is InChI=1S/C15H10F7N3O2/c16-8-2-6(1-7(4-8)14(17,18)19)3-9-12(15(20,21)22)24-11(5-10(23)26)25-13(9)27/h1-2,4H,3,5H2,(H2,23,26)(H,24,25,27). The predicted octanol–water partition coefficient (Wildman–Crippen LogP) is 2.57. The van der Waals surface area contributed by atoms with E-state index in [-0.39, 0.29) is 6.07 Å². The predicted molar refractivity (Wildman–Crippen MR) is 77.0 cm³/mol. The second kappa shape index (κ2) is 7.00. The summed E-state index contributed by atoms with van der Waals surface area (Å²) in [6, 6.07) is 1.18. The fraction of sp³-hybridized carbons (Fsp3) is 0.267. The summed E-state index contributed by atoms with van der Waals surface area (Å²) < 4.78 is 91.3. The van der Waals surface area contributed by atoms with Crippen molar-refractivity contribution in [3.05, 3.63) is 62.6 Å². The van der Waals surface area contributed by atoms with Crippen LogP contribution in [0.1, 0.15) is 28.2 Å². The Morgan fingerprint density at radius 1 is 1.07 bits per heavy atom. The third kappa shape index (κ3) is 5.05. The van der Waals surface area contributed by atoms with Gasteiger partial charge in [-0.3, -0.25) is 9.59 Å². The first-order valence-electron chi connectivity index (χ1n) is 7.11. The van der Waals surface area contributed by atoms with Gasteiger partial charge in [0.25, 0.3) is 5.56 Å². The summed E-state index contributed by atoms with van der Waals surface area (Å²) in [6.07, 6.45) is -11.8. The Labute approximate surface area is 146 Å². The lowest BCUT2D eigenvalue weighted by Crippen LogP contribution is -2.27. The largest absolute Gasteiger partial charge is 0.433 e. The highest BCUT2D eigenvalue weighted by atomic mass is 19.4. The van der Waals surface area contributed by atoms with Crippen LogP contribution in [-0.4, -0.2) is 15.9 Å². The molecule has 0 saturated heterocycles. The number of nitrogens with zero attached hydrogens (tertiary/aromatic N) is 1. The summed E-state index contributed by atoms with van der Waals surface area (Å²) >= 11 is 0. The van der Waals surface area contributed by atoms with E-state index in [1.54, 1.807) is 0 Å². The van der Waals surface area contributed by atoms with Crippen molar-refractivity contribution in [3.63, 3.8) is 0 Å². The summed E-state index contributed by atoms with van der Waals surface area (Å²) in [7, 11) is 0. The number of alkyl halides is 6. The lowest BCUT2D eigenvalue weighted by molar-refractivity contribution is -0.142. The lowest BCUT2D eigenvalue weighted by atomic mass is 10.0. The first-order chi connectivity index (χ1) is 12.3. The number of hydrogen-bond acceptors (Lipinski definition) is 3. The van der Waals surface area contributed by atoms with Gasteiger partial charge in [-0.15, -0.1) is 0 Å². The Bertz CT molecular complexity index is 932. The van der Waals surface area contributed by atoms with Crippen molar-refractivity contribution >= 4 is 5.91 Å². The Morgan fingerprint density at radius 2 is 1.70 bits per heavy atom. The topological polar surface area (TPSA) is 88.8 Å². The van der Waals surface area contributed by atoms with Crippen molar-refractivity contribution in [1.29, 1.82) is 0 Å². The summed E-state index contributed by atoms with van der Waals surface area (Å²) in [4.78, 5) is 27.9. The molecule has 1 amide bonds. The monoisotopic (exact) mass is 397 g/mol. The van der Waals surface area contributed by atoms with Crippen LogP contribution in [0.25, 0.3) is 0 Å². The van der Waals surface area contributed by atoms with Crippen molar-refractivity contribution in [2.24, 2.45) is 5.73 Å². The van der Waals surface area contributed by atoms with E-state index in [1.807, 2.05) is 4.98 Å².